The number of nitrogens with one attached hydrogen (secondary N) is 1. The van der Waals surface area contributed by atoms with Crippen LogP contribution in [-0.4, -0.2) is 41.1 Å². The van der Waals surface area contributed by atoms with Crippen molar-refractivity contribution in [3.8, 4) is 11.3 Å². The van der Waals surface area contributed by atoms with E-state index in [-0.39, 0.29) is 18.4 Å². The molecule has 7 nitrogen and oxygen atoms in total. The molecule has 1 N–H and O–H groups in total. The molecule has 32 heavy (non-hydrogen) atoms. The number of benzene rings is 1. The summed E-state index contributed by atoms with van der Waals surface area (Å²) in [6.07, 6.45) is 5.28. The third-order valence-corrected chi connectivity index (χ3v) is 9.71. The van der Waals surface area contributed by atoms with Crippen molar-refractivity contribution in [1.82, 2.24) is 13.7 Å². The first kappa shape index (κ1) is 21.3. The van der Waals surface area contributed by atoms with Crippen LogP contribution in [0.15, 0.2) is 58.4 Å². The molecular weight excluding hydrogens is 464 g/mol. The Balaban J connectivity index is 1.25. The summed E-state index contributed by atoms with van der Waals surface area (Å²) in [5.41, 5.74) is 2.54. The van der Waals surface area contributed by atoms with E-state index < -0.39 is 10.0 Å². The van der Waals surface area contributed by atoms with E-state index in [1.54, 1.807) is 17.4 Å². The lowest BCUT2D eigenvalue weighted by atomic mass is 9.98. The predicted molar refractivity (Wildman–Crippen MR) is 128 cm³/mol. The van der Waals surface area contributed by atoms with Crippen LogP contribution >= 0.6 is 22.7 Å². The second-order valence-electron chi connectivity index (χ2n) is 7.85. The van der Waals surface area contributed by atoms with E-state index in [1.807, 2.05) is 59.4 Å². The molecule has 3 aromatic heterocycles. The second-order valence-corrected chi connectivity index (χ2v) is 12.2. The Hall–Kier alpha value is -2.53. The maximum Gasteiger partial charge on any atom is 0.252 e. The van der Waals surface area contributed by atoms with Crippen molar-refractivity contribution in [2.75, 3.05) is 18.4 Å². The molecule has 0 spiro atoms. The van der Waals surface area contributed by atoms with Gasteiger partial charge in [0.25, 0.3) is 10.0 Å². The van der Waals surface area contributed by atoms with Crippen molar-refractivity contribution in [3.05, 3.63) is 59.0 Å². The summed E-state index contributed by atoms with van der Waals surface area (Å²) in [4.78, 5) is 19.4. The predicted octanol–water partition coefficient (Wildman–Crippen LogP) is 4.47. The van der Waals surface area contributed by atoms with Gasteiger partial charge in [-0.25, -0.2) is 13.4 Å². The van der Waals surface area contributed by atoms with Gasteiger partial charge in [0.15, 0.2) is 4.96 Å². The summed E-state index contributed by atoms with van der Waals surface area (Å²) in [6.45, 7) is 2.53. The fourth-order valence-electron chi connectivity index (χ4n) is 3.89. The van der Waals surface area contributed by atoms with E-state index in [2.05, 4.69) is 10.3 Å². The highest BCUT2D eigenvalue weighted by atomic mass is 32.2. The van der Waals surface area contributed by atoms with E-state index in [4.69, 9.17) is 0 Å². The molecule has 4 aromatic rings. The summed E-state index contributed by atoms with van der Waals surface area (Å²) in [5.74, 6) is -0.526. The zero-order chi connectivity index (χ0) is 22.3. The number of anilines is 1. The van der Waals surface area contributed by atoms with Crippen molar-refractivity contribution in [1.29, 1.82) is 0 Å². The SMILES string of the molecule is Cc1ccc(S(=O)(=O)N2CCCC(C(=O)Nc3ccc(-c4cn5ccsc5n4)cc3)C2)s1. The van der Waals surface area contributed by atoms with Crippen molar-refractivity contribution in [2.24, 2.45) is 5.92 Å². The molecule has 1 fully saturated rings. The molecule has 1 aromatic carbocycles. The van der Waals surface area contributed by atoms with Crippen LogP contribution in [0.25, 0.3) is 16.2 Å². The van der Waals surface area contributed by atoms with Gasteiger partial charge in [0, 0.05) is 47.0 Å². The lowest BCUT2D eigenvalue weighted by Crippen LogP contribution is -2.43. The van der Waals surface area contributed by atoms with Crippen LogP contribution < -0.4 is 5.32 Å². The van der Waals surface area contributed by atoms with E-state index >= 15 is 0 Å². The van der Waals surface area contributed by atoms with Gasteiger partial charge in [-0.1, -0.05) is 12.1 Å². The highest BCUT2D eigenvalue weighted by molar-refractivity contribution is 7.91. The van der Waals surface area contributed by atoms with Crippen molar-refractivity contribution in [3.63, 3.8) is 0 Å². The number of thiazole rings is 1. The number of nitrogens with zero attached hydrogens (tertiary/aromatic N) is 3. The number of aromatic nitrogens is 2. The molecule has 0 saturated carbocycles. The molecule has 0 bridgehead atoms. The minimum absolute atomic E-state index is 0.150. The summed E-state index contributed by atoms with van der Waals surface area (Å²) >= 11 is 2.85. The number of amides is 1. The van der Waals surface area contributed by atoms with Crippen LogP contribution in [0.3, 0.4) is 0 Å². The maximum absolute atomic E-state index is 12.9. The number of hydrogen-bond donors (Lipinski definition) is 1. The van der Waals surface area contributed by atoms with Crippen molar-refractivity contribution < 1.29 is 13.2 Å². The minimum Gasteiger partial charge on any atom is -0.326 e. The molecule has 166 valence electrons. The van der Waals surface area contributed by atoms with E-state index in [0.717, 1.165) is 21.1 Å². The van der Waals surface area contributed by atoms with Crippen LogP contribution in [0, 0.1) is 12.8 Å². The van der Waals surface area contributed by atoms with E-state index in [9.17, 15) is 13.2 Å². The lowest BCUT2D eigenvalue weighted by Gasteiger charge is -2.30. The molecule has 1 atom stereocenters. The first-order valence-electron chi connectivity index (χ1n) is 10.3. The number of imidazole rings is 1. The number of rotatable bonds is 5. The first-order valence-corrected chi connectivity index (χ1v) is 13.4. The average molecular weight is 487 g/mol. The Labute approximate surface area is 194 Å². The summed E-state index contributed by atoms with van der Waals surface area (Å²) in [5, 5.41) is 4.94. The number of fused-ring (bicyclic) bond motifs is 1. The lowest BCUT2D eigenvalue weighted by molar-refractivity contribution is -0.120. The number of aryl methyl sites for hydroxylation is 1. The van der Waals surface area contributed by atoms with E-state index in [0.29, 0.717) is 29.3 Å². The largest absolute Gasteiger partial charge is 0.326 e. The molecule has 10 heteroatoms. The van der Waals surface area contributed by atoms with Gasteiger partial charge in [0.1, 0.15) is 4.21 Å². The Kier molecular flexibility index (Phi) is 5.62. The van der Waals surface area contributed by atoms with Gasteiger partial charge in [-0.3, -0.25) is 9.20 Å². The second kappa shape index (κ2) is 8.43. The average Bonchev–Trinajstić information content (AvgIpc) is 3.51. The molecule has 5 rings (SSSR count). The standard InChI is InChI=1S/C22H22N4O3S3/c1-15-4-9-20(31-15)32(28,29)26-10-2-3-17(13-26)21(27)23-18-7-5-16(6-8-18)19-14-25-11-12-30-22(25)24-19/h4-9,11-12,14,17H,2-3,10,13H2,1H3,(H,23,27). The van der Waals surface area contributed by atoms with Crippen LogP contribution in [0.1, 0.15) is 17.7 Å². The van der Waals surface area contributed by atoms with Gasteiger partial charge in [0.05, 0.1) is 11.6 Å². The van der Waals surface area contributed by atoms with Crippen LogP contribution in [-0.2, 0) is 14.8 Å². The number of hydrogen-bond acceptors (Lipinski definition) is 6. The van der Waals surface area contributed by atoms with Crippen molar-refractivity contribution >= 4 is 49.3 Å². The molecule has 1 saturated heterocycles. The van der Waals surface area contributed by atoms with Gasteiger partial charge >= 0.3 is 0 Å². The van der Waals surface area contributed by atoms with Gasteiger partial charge in [-0.15, -0.1) is 22.7 Å². The van der Waals surface area contributed by atoms with Gasteiger partial charge in [-0.05, 0) is 44.0 Å². The monoisotopic (exact) mass is 486 g/mol. The maximum atomic E-state index is 12.9. The molecule has 0 aliphatic carbocycles. The number of carbonyl (C=O) groups excluding carboxylic acids is 1. The Morgan fingerprint density at radius 2 is 2.00 bits per heavy atom. The fraction of sp³-hybridized carbons (Fsp3) is 0.273. The normalized spacial score (nSPS) is 17.6. The smallest absolute Gasteiger partial charge is 0.252 e. The zero-order valence-corrected chi connectivity index (χ0v) is 19.8. The van der Waals surface area contributed by atoms with Crippen LogP contribution in [0.4, 0.5) is 5.69 Å². The summed E-state index contributed by atoms with van der Waals surface area (Å²) in [6, 6.07) is 11.0. The minimum atomic E-state index is -3.56. The third kappa shape index (κ3) is 4.11. The first-order chi connectivity index (χ1) is 15.4. The van der Waals surface area contributed by atoms with Crippen LogP contribution in [0.2, 0.25) is 0 Å². The Morgan fingerprint density at radius 1 is 1.19 bits per heavy atom. The molecular formula is C22H22N4O3S3. The molecule has 0 radical (unpaired) electrons. The molecule has 1 amide bonds. The topological polar surface area (TPSA) is 83.8 Å². The Bertz CT molecular complexity index is 1340. The van der Waals surface area contributed by atoms with Crippen molar-refractivity contribution in [2.45, 2.75) is 24.0 Å². The van der Waals surface area contributed by atoms with Gasteiger partial charge < -0.3 is 5.32 Å². The van der Waals surface area contributed by atoms with E-state index in [1.165, 1.54) is 15.6 Å². The zero-order valence-electron chi connectivity index (χ0n) is 17.4. The quantitative estimate of drug-likeness (QED) is 0.451. The Morgan fingerprint density at radius 3 is 2.72 bits per heavy atom. The van der Waals surface area contributed by atoms with Gasteiger partial charge in [0.2, 0.25) is 5.91 Å². The molecule has 4 heterocycles. The number of piperidine rings is 1. The molecule has 1 aliphatic rings. The summed E-state index contributed by atoms with van der Waals surface area (Å²) < 4.78 is 29.6. The number of thiophene rings is 1. The van der Waals surface area contributed by atoms with Crippen LogP contribution in [0.5, 0.6) is 0 Å². The number of sulfonamides is 1. The fourth-order valence-corrected chi connectivity index (χ4v) is 7.55. The molecule has 1 unspecified atom stereocenters. The summed E-state index contributed by atoms with van der Waals surface area (Å²) in [7, 11) is -3.56. The van der Waals surface area contributed by atoms with Gasteiger partial charge in [-0.2, -0.15) is 4.31 Å². The highest BCUT2D eigenvalue weighted by Crippen LogP contribution is 2.29. The highest BCUT2D eigenvalue weighted by Gasteiger charge is 2.34. The molecule has 1 aliphatic heterocycles. The third-order valence-electron chi connectivity index (χ3n) is 5.61. The number of carbonyl (C=O) groups is 1.